The van der Waals surface area contributed by atoms with Crippen molar-refractivity contribution >= 4 is 44.4 Å². The van der Waals surface area contributed by atoms with Crippen LogP contribution in [0.3, 0.4) is 0 Å². The van der Waals surface area contributed by atoms with Gasteiger partial charge in [-0.1, -0.05) is 0 Å². The lowest BCUT2D eigenvalue weighted by molar-refractivity contribution is -0.117. The first-order valence-corrected chi connectivity index (χ1v) is 13.0. The molecule has 11 heteroatoms. The van der Waals surface area contributed by atoms with Gasteiger partial charge in [0, 0.05) is 55.8 Å². The maximum absolute atomic E-state index is 12.9. The van der Waals surface area contributed by atoms with E-state index in [2.05, 4.69) is 42.1 Å². The van der Waals surface area contributed by atoms with E-state index in [9.17, 15) is 4.79 Å². The van der Waals surface area contributed by atoms with Crippen LogP contribution in [0.1, 0.15) is 6.42 Å². The van der Waals surface area contributed by atoms with Gasteiger partial charge in [0.15, 0.2) is 11.4 Å². The van der Waals surface area contributed by atoms with E-state index in [0.29, 0.717) is 34.7 Å². The average Bonchev–Trinajstić information content (AvgIpc) is 3.29. The number of aromatic amines is 1. The van der Waals surface area contributed by atoms with Gasteiger partial charge in [-0.2, -0.15) is 4.98 Å². The first-order valence-electron chi connectivity index (χ1n) is 12.1. The van der Waals surface area contributed by atoms with E-state index in [1.807, 2.05) is 18.3 Å². The minimum absolute atomic E-state index is 0.0518. The molecule has 4 aromatic heterocycles. The summed E-state index contributed by atoms with van der Waals surface area (Å²) in [4.78, 5) is 34.5. The zero-order valence-electron chi connectivity index (χ0n) is 20.6. The minimum Gasteiger partial charge on any atom is -0.494 e. The Bertz CT molecular complexity index is 1430. The highest BCUT2D eigenvalue weighted by Crippen LogP contribution is 2.45. The molecule has 188 valence electrons. The van der Waals surface area contributed by atoms with E-state index >= 15 is 0 Å². The fraction of sp³-hybridized carbons (Fsp3) is 0.440. The number of amides is 1. The fourth-order valence-corrected chi connectivity index (χ4v) is 5.80. The third-order valence-electron chi connectivity index (χ3n) is 7.21. The Morgan fingerprint density at radius 2 is 2.03 bits per heavy atom. The predicted molar refractivity (Wildman–Crippen MR) is 140 cm³/mol. The van der Waals surface area contributed by atoms with E-state index in [-0.39, 0.29) is 11.8 Å². The summed E-state index contributed by atoms with van der Waals surface area (Å²) >= 11 is 1.47. The molecule has 2 unspecified atom stereocenters. The van der Waals surface area contributed by atoms with E-state index in [1.54, 1.807) is 19.7 Å². The molecule has 0 aromatic carbocycles. The Balaban J connectivity index is 1.20. The van der Waals surface area contributed by atoms with Crippen molar-refractivity contribution in [3.05, 3.63) is 23.8 Å². The van der Waals surface area contributed by atoms with Crippen molar-refractivity contribution in [1.82, 2.24) is 29.7 Å². The summed E-state index contributed by atoms with van der Waals surface area (Å²) in [7, 11) is 5.37. The monoisotopic (exact) mass is 507 g/mol. The number of piperazine rings is 1. The summed E-state index contributed by atoms with van der Waals surface area (Å²) in [6, 6.07) is 3.79. The van der Waals surface area contributed by atoms with E-state index in [4.69, 9.17) is 9.47 Å². The van der Waals surface area contributed by atoms with E-state index < -0.39 is 0 Å². The second kappa shape index (κ2) is 9.30. The number of methoxy groups -OCH3 is 2. The fourth-order valence-electron chi connectivity index (χ4n) is 5.05. The summed E-state index contributed by atoms with van der Waals surface area (Å²) in [5.74, 6) is 2.19. The molecule has 0 radical (unpaired) electrons. The zero-order valence-corrected chi connectivity index (χ0v) is 21.4. The molecule has 0 spiro atoms. The molecule has 2 fully saturated rings. The minimum atomic E-state index is 0.0518. The Kier molecular flexibility index (Phi) is 5.98. The number of nitrogens with one attached hydrogen (secondary N) is 2. The normalized spacial score (nSPS) is 20.6. The topological polar surface area (TPSA) is 108 Å². The molecule has 4 aromatic rings. The van der Waals surface area contributed by atoms with Crippen LogP contribution in [0.4, 0.5) is 5.82 Å². The highest BCUT2D eigenvalue weighted by molar-refractivity contribution is 7.17. The quantitative estimate of drug-likeness (QED) is 0.393. The van der Waals surface area contributed by atoms with Gasteiger partial charge >= 0.3 is 0 Å². The lowest BCUT2D eigenvalue weighted by Gasteiger charge is -2.32. The standard InChI is InChI=1S/C25H29N7O3S/c1-31-6-8-32(9-7-31)12-14-10-16(14)24(33)29-18-5-4-15-17(11-26-22(15)28-18)19-20(34-2)21-23(27-13-36-21)30-25(19)35-3/h4-5,11,13-14,16H,6-10,12H2,1-3H3,(H2,26,28,29,33). The van der Waals surface area contributed by atoms with E-state index in [1.165, 1.54) is 11.3 Å². The van der Waals surface area contributed by atoms with E-state index in [0.717, 1.165) is 60.4 Å². The molecule has 1 aliphatic heterocycles. The molecule has 0 bridgehead atoms. The average molecular weight is 508 g/mol. The molecule has 36 heavy (non-hydrogen) atoms. The third-order valence-corrected chi connectivity index (χ3v) is 8.02. The smallest absolute Gasteiger partial charge is 0.228 e. The molecule has 1 amide bonds. The second-order valence-electron chi connectivity index (χ2n) is 9.52. The first-order chi connectivity index (χ1) is 17.6. The van der Waals surface area contributed by atoms with Gasteiger partial charge in [0.1, 0.15) is 16.2 Å². The molecule has 10 nitrogen and oxygen atoms in total. The van der Waals surface area contributed by atoms with Gasteiger partial charge < -0.3 is 29.6 Å². The maximum Gasteiger partial charge on any atom is 0.228 e. The second-order valence-corrected chi connectivity index (χ2v) is 10.4. The molecule has 2 aliphatic rings. The number of thiazole rings is 1. The first kappa shape index (κ1) is 23.1. The molecular weight excluding hydrogens is 478 g/mol. The van der Waals surface area contributed by atoms with Crippen LogP contribution in [0.15, 0.2) is 23.8 Å². The van der Waals surface area contributed by atoms with Crippen molar-refractivity contribution in [2.75, 3.05) is 59.3 Å². The molecule has 5 heterocycles. The van der Waals surface area contributed by atoms with Gasteiger partial charge in [0.05, 0.1) is 25.3 Å². The lowest BCUT2D eigenvalue weighted by Crippen LogP contribution is -2.45. The number of carbonyl (C=O) groups is 1. The number of carbonyl (C=O) groups excluding carboxylic acids is 1. The molecule has 6 rings (SSSR count). The van der Waals surface area contributed by atoms with Crippen molar-refractivity contribution in [1.29, 1.82) is 0 Å². The number of nitrogens with zero attached hydrogens (tertiary/aromatic N) is 5. The van der Waals surface area contributed by atoms with Crippen molar-refractivity contribution in [3.8, 4) is 22.8 Å². The van der Waals surface area contributed by atoms with Crippen molar-refractivity contribution in [2.45, 2.75) is 6.42 Å². The summed E-state index contributed by atoms with van der Waals surface area (Å²) in [5, 5.41) is 3.90. The third kappa shape index (κ3) is 4.16. The highest BCUT2D eigenvalue weighted by Gasteiger charge is 2.44. The number of H-pyrrole nitrogens is 1. The SMILES string of the molecule is COc1nc2ncsc2c(OC)c1-c1c[nH]c2nc(NC(=O)C3CC3CN3CCN(C)CC3)ccc12. The number of pyridine rings is 2. The van der Waals surface area contributed by atoms with Crippen LogP contribution < -0.4 is 14.8 Å². The molecule has 1 saturated heterocycles. The van der Waals surface area contributed by atoms with Gasteiger partial charge in [-0.25, -0.2) is 9.97 Å². The number of anilines is 1. The number of fused-ring (bicyclic) bond motifs is 2. The summed E-state index contributed by atoms with van der Waals surface area (Å²) in [6.07, 6.45) is 2.81. The van der Waals surface area contributed by atoms with Crippen LogP contribution in [-0.4, -0.2) is 89.6 Å². The number of rotatable bonds is 7. The van der Waals surface area contributed by atoms with Crippen molar-refractivity contribution < 1.29 is 14.3 Å². The number of aromatic nitrogens is 4. The van der Waals surface area contributed by atoms with Crippen LogP contribution in [0.25, 0.3) is 32.5 Å². The summed E-state index contributed by atoms with van der Waals surface area (Å²) in [5.41, 5.74) is 4.60. The number of hydrogen-bond acceptors (Lipinski definition) is 9. The molecule has 1 aliphatic carbocycles. The zero-order chi connectivity index (χ0) is 24.8. The number of ether oxygens (including phenoxy) is 2. The Hall–Kier alpha value is -3.28. The Morgan fingerprint density at radius 3 is 2.81 bits per heavy atom. The molecular formula is C25H29N7O3S. The Morgan fingerprint density at radius 1 is 1.19 bits per heavy atom. The number of likely N-dealkylation sites (N-methyl/N-ethyl adjacent to an activating group) is 1. The van der Waals surface area contributed by atoms with Crippen LogP contribution in [0.2, 0.25) is 0 Å². The lowest BCUT2D eigenvalue weighted by atomic mass is 10.1. The van der Waals surface area contributed by atoms with Crippen molar-refractivity contribution in [3.63, 3.8) is 0 Å². The molecule has 2 N–H and O–H groups in total. The van der Waals surface area contributed by atoms with Gasteiger partial charge in [-0.3, -0.25) is 4.79 Å². The Labute approximate surface area is 212 Å². The van der Waals surface area contributed by atoms with Gasteiger partial charge in [0.2, 0.25) is 11.8 Å². The van der Waals surface area contributed by atoms with Gasteiger partial charge in [-0.05, 0) is 31.5 Å². The van der Waals surface area contributed by atoms with Crippen LogP contribution in [0.5, 0.6) is 11.6 Å². The largest absolute Gasteiger partial charge is 0.494 e. The number of hydrogen-bond donors (Lipinski definition) is 2. The van der Waals surface area contributed by atoms with Crippen molar-refractivity contribution in [2.24, 2.45) is 11.8 Å². The summed E-state index contributed by atoms with van der Waals surface area (Å²) < 4.78 is 12.2. The predicted octanol–water partition coefficient (Wildman–Crippen LogP) is 3.07. The summed E-state index contributed by atoms with van der Waals surface area (Å²) in [6.45, 7) is 5.35. The van der Waals surface area contributed by atoms with Gasteiger partial charge in [-0.15, -0.1) is 11.3 Å². The highest BCUT2D eigenvalue weighted by atomic mass is 32.1. The van der Waals surface area contributed by atoms with Crippen LogP contribution in [-0.2, 0) is 4.79 Å². The van der Waals surface area contributed by atoms with Crippen LogP contribution >= 0.6 is 11.3 Å². The van der Waals surface area contributed by atoms with Crippen LogP contribution in [0, 0.1) is 11.8 Å². The molecule has 1 saturated carbocycles. The molecule has 2 atom stereocenters. The maximum atomic E-state index is 12.9. The van der Waals surface area contributed by atoms with Gasteiger partial charge in [0.25, 0.3) is 0 Å².